The number of carbonyl (C=O) groups excluding carboxylic acids is 1. The Hall–Kier alpha value is -2.84. The molecule has 0 atom stereocenters. The maximum atomic E-state index is 13.9. The van der Waals surface area contributed by atoms with Crippen LogP contribution in [0.15, 0.2) is 36.4 Å². The van der Waals surface area contributed by atoms with Gasteiger partial charge in [0.2, 0.25) is 0 Å². The van der Waals surface area contributed by atoms with E-state index in [-0.39, 0.29) is 22.4 Å². The first-order valence-corrected chi connectivity index (χ1v) is 8.54. The quantitative estimate of drug-likeness (QED) is 0.613. The van der Waals surface area contributed by atoms with Gasteiger partial charge in [0.25, 0.3) is 5.91 Å². The normalized spacial score (nSPS) is 11.9. The second-order valence-corrected chi connectivity index (χ2v) is 6.22. The van der Waals surface area contributed by atoms with E-state index in [0.717, 1.165) is 6.07 Å². The monoisotopic (exact) mass is 417 g/mol. The summed E-state index contributed by atoms with van der Waals surface area (Å²) >= 11 is 0. The highest BCUT2D eigenvalue weighted by atomic mass is 19.4. The van der Waals surface area contributed by atoms with Crippen molar-refractivity contribution >= 4 is 5.91 Å². The van der Waals surface area contributed by atoms with Gasteiger partial charge in [-0.3, -0.25) is 4.79 Å². The molecule has 0 aliphatic rings. The lowest BCUT2D eigenvalue weighted by Crippen LogP contribution is -2.34. The molecular weight excluding hydrogens is 397 g/mol. The largest absolute Gasteiger partial charge is 0.493 e. The van der Waals surface area contributed by atoms with Crippen LogP contribution in [0.25, 0.3) is 11.1 Å². The van der Waals surface area contributed by atoms with E-state index in [1.807, 2.05) is 0 Å². The number of hydrogen-bond donors (Lipinski definition) is 0. The lowest BCUT2D eigenvalue weighted by molar-refractivity contribution is -0.289. The summed E-state index contributed by atoms with van der Waals surface area (Å²) in [7, 11) is 4.25. The summed E-state index contributed by atoms with van der Waals surface area (Å²) in [6.45, 7) is 2.03. The zero-order valence-electron chi connectivity index (χ0n) is 16.2. The summed E-state index contributed by atoms with van der Waals surface area (Å²) in [5.74, 6) is -5.01. The van der Waals surface area contributed by atoms with Gasteiger partial charge in [-0.25, -0.2) is 0 Å². The number of carbonyl (C=O) groups is 1. The van der Waals surface area contributed by atoms with Crippen LogP contribution < -0.4 is 9.47 Å². The van der Waals surface area contributed by atoms with E-state index in [2.05, 4.69) is 0 Å². The molecule has 2 aromatic rings. The molecule has 0 unspecified atom stereocenters. The summed E-state index contributed by atoms with van der Waals surface area (Å²) < 4.78 is 76.7. The van der Waals surface area contributed by atoms with Crippen molar-refractivity contribution in [3.05, 3.63) is 47.5 Å². The van der Waals surface area contributed by atoms with Gasteiger partial charge in [0.05, 0.1) is 14.2 Å². The topological polar surface area (TPSA) is 38.8 Å². The van der Waals surface area contributed by atoms with E-state index in [1.54, 1.807) is 6.92 Å². The van der Waals surface area contributed by atoms with Gasteiger partial charge in [0, 0.05) is 24.7 Å². The molecule has 29 heavy (non-hydrogen) atoms. The van der Waals surface area contributed by atoms with Crippen LogP contribution in [0.4, 0.5) is 22.0 Å². The second-order valence-electron chi connectivity index (χ2n) is 6.22. The van der Waals surface area contributed by atoms with Gasteiger partial charge in [-0.1, -0.05) is 12.1 Å². The van der Waals surface area contributed by atoms with Crippen LogP contribution >= 0.6 is 0 Å². The third-order valence-electron chi connectivity index (χ3n) is 4.48. The van der Waals surface area contributed by atoms with Gasteiger partial charge in [-0.15, -0.1) is 0 Å². The lowest BCUT2D eigenvalue weighted by atomic mass is 9.94. The molecule has 0 aliphatic heterocycles. The number of ether oxygens (including phenoxy) is 2. The average molecular weight is 417 g/mol. The molecule has 0 radical (unpaired) electrons. The lowest BCUT2D eigenvalue weighted by Gasteiger charge is -2.23. The Morgan fingerprint density at radius 1 is 0.966 bits per heavy atom. The number of methoxy groups -OCH3 is 2. The Bertz CT molecular complexity index is 896. The third-order valence-corrected chi connectivity index (χ3v) is 4.48. The Kier molecular flexibility index (Phi) is 6.40. The Morgan fingerprint density at radius 2 is 1.59 bits per heavy atom. The molecule has 0 saturated carbocycles. The van der Waals surface area contributed by atoms with Crippen LogP contribution in [0.2, 0.25) is 0 Å². The Balaban J connectivity index is 2.75. The molecule has 0 saturated heterocycles. The molecule has 4 nitrogen and oxygen atoms in total. The molecule has 0 bridgehead atoms. The number of halogens is 5. The van der Waals surface area contributed by atoms with Gasteiger partial charge >= 0.3 is 12.1 Å². The van der Waals surface area contributed by atoms with Crippen molar-refractivity contribution in [2.45, 2.75) is 19.0 Å². The molecule has 0 spiro atoms. The van der Waals surface area contributed by atoms with Gasteiger partial charge in [0.15, 0.2) is 11.5 Å². The zero-order chi connectivity index (χ0) is 22.0. The van der Waals surface area contributed by atoms with E-state index < -0.39 is 23.6 Å². The SMILES string of the molecule is CCN(C)C(=O)c1ccc(C(F)(F)C(F)(F)F)cc1-c1ccc(OC)c(OC)c1. The molecule has 2 aromatic carbocycles. The first-order chi connectivity index (χ1) is 13.5. The second kappa shape index (κ2) is 8.26. The van der Waals surface area contributed by atoms with E-state index in [9.17, 15) is 26.7 Å². The molecule has 158 valence electrons. The van der Waals surface area contributed by atoms with Gasteiger partial charge < -0.3 is 14.4 Å². The number of nitrogens with zero attached hydrogens (tertiary/aromatic N) is 1. The maximum Gasteiger partial charge on any atom is 0.458 e. The highest BCUT2D eigenvalue weighted by Crippen LogP contribution is 2.45. The maximum absolute atomic E-state index is 13.9. The van der Waals surface area contributed by atoms with E-state index in [4.69, 9.17) is 9.47 Å². The first kappa shape index (κ1) is 22.4. The highest BCUT2D eigenvalue weighted by Gasteiger charge is 2.58. The molecule has 0 N–H and O–H groups in total. The molecule has 2 rings (SSSR count). The van der Waals surface area contributed by atoms with Crippen LogP contribution in [0.5, 0.6) is 11.5 Å². The molecule has 0 fully saturated rings. The number of alkyl halides is 5. The van der Waals surface area contributed by atoms with Crippen molar-refractivity contribution in [1.82, 2.24) is 4.90 Å². The first-order valence-electron chi connectivity index (χ1n) is 8.54. The van der Waals surface area contributed by atoms with Gasteiger partial charge in [-0.2, -0.15) is 22.0 Å². The smallest absolute Gasteiger partial charge is 0.458 e. The van der Waals surface area contributed by atoms with Crippen molar-refractivity contribution in [1.29, 1.82) is 0 Å². The van der Waals surface area contributed by atoms with Crippen LogP contribution in [0.3, 0.4) is 0 Å². The van der Waals surface area contributed by atoms with E-state index >= 15 is 0 Å². The van der Waals surface area contributed by atoms with Crippen LogP contribution in [-0.2, 0) is 5.92 Å². The summed E-state index contributed by atoms with van der Waals surface area (Å²) in [6, 6.07) is 6.62. The van der Waals surface area contributed by atoms with Crippen molar-refractivity contribution in [2.24, 2.45) is 0 Å². The van der Waals surface area contributed by atoms with Crippen molar-refractivity contribution in [3.63, 3.8) is 0 Å². The standard InChI is InChI=1S/C20H20F5NO3/c1-5-26(2)18(27)14-8-7-13(19(21,22)20(23,24)25)11-15(14)12-6-9-16(28-3)17(10-12)29-4/h6-11H,5H2,1-4H3. The summed E-state index contributed by atoms with van der Waals surface area (Å²) in [4.78, 5) is 14.0. The molecule has 9 heteroatoms. The molecule has 1 amide bonds. The number of rotatable bonds is 6. The number of benzene rings is 2. The number of amides is 1. The molecule has 0 heterocycles. The van der Waals surface area contributed by atoms with Crippen molar-refractivity contribution in [3.8, 4) is 22.6 Å². The van der Waals surface area contributed by atoms with Gasteiger partial charge in [-0.05, 0) is 42.3 Å². The minimum Gasteiger partial charge on any atom is -0.493 e. The summed E-state index contributed by atoms with van der Waals surface area (Å²) in [5, 5.41) is 0. The summed E-state index contributed by atoms with van der Waals surface area (Å²) in [6.07, 6.45) is -5.77. The number of hydrogen-bond acceptors (Lipinski definition) is 3. The van der Waals surface area contributed by atoms with Crippen LogP contribution in [0.1, 0.15) is 22.8 Å². The minimum absolute atomic E-state index is 0.0108. The van der Waals surface area contributed by atoms with E-state index in [0.29, 0.717) is 24.4 Å². The predicted octanol–water partition coefficient (Wildman–Crippen LogP) is 5.12. The van der Waals surface area contributed by atoms with Crippen LogP contribution in [0, 0.1) is 0 Å². The van der Waals surface area contributed by atoms with Crippen molar-refractivity contribution in [2.75, 3.05) is 27.8 Å². The Labute approximate surface area is 164 Å². The fourth-order valence-electron chi connectivity index (χ4n) is 2.68. The minimum atomic E-state index is -5.77. The molecule has 0 aliphatic carbocycles. The Morgan fingerprint density at radius 3 is 2.10 bits per heavy atom. The fourth-order valence-corrected chi connectivity index (χ4v) is 2.68. The van der Waals surface area contributed by atoms with E-state index in [1.165, 1.54) is 44.4 Å². The fraction of sp³-hybridized carbons (Fsp3) is 0.350. The zero-order valence-corrected chi connectivity index (χ0v) is 16.2. The summed E-state index contributed by atoms with van der Waals surface area (Å²) in [5.41, 5.74) is -1.11. The average Bonchev–Trinajstić information content (AvgIpc) is 2.70. The third kappa shape index (κ3) is 4.28. The van der Waals surface area contributed by atoms with Gasteiger partial charge in [0.1, 0.15) is 0 Å². The molecule has 0 aromatic heterocycles. The van der Waals surface area contributed by atoms with Crippen molar-refractivity contribution < 1.29 is 36.2 Å². The molecular formula is C20H20F5NO3. The highest BCUT2D eigenvalue weighted by molar-refractivity contribution is 6.01. The predicted molar refractivity (Wildman–Crippen MR) is 97.6 cm³/mol. The van der Waals surface area contributed by atoms with Crippen LogP contribution in [-0.4, -0.2) is 44.8 Å².